The summed E-state index contributed by atoms with van der Waals surface area (Å²) in [5.74, 6) is -0.236. The highest BCUT2D eigenvalue weighted by molar-refractivity contribution is 5.93. The zero-order valence-corrected chi connectivity index (χ0v) is 21.5. The van der Waals surface area contributed by atoms with Crippen LogP contribution in [0.2, 0.25) is 0 Å². The fraction of sp³-hybridized carbons (Fsp3) is 0.0556. The van der Waals surface area contributed by atoms with E-state index in [4.69, 9.17) is 9.47 Å². The fourth-order valence-electron chi connectivity index (χ4n) is 6.19. The Hall–Kier alpha value is -5.22. The summed E-state index contributed by atoms with van der Waals surface area (Å²) in [5.41, 5.74) is 5.23. The maximum atomic E-state index is 13.7. The van der Waals surface area contributed by atoms with Crippen molar-refractivity contribution in [1.82, 2.24) is 0 Å². The van der Waals surface area contributed by atoms with Crippen molar-refractivity contribution in [2.75, 3.05) is 0 Å². The van der Waals surface area contributed by atoms with E-state index in [1.54, 1.807) is 12.1 Å². The molecule has 4 heteroatoms. The largest absolute Gasteiger partial charge is 0.428 e. The quantitative estimate of drug-likeness (QED) is 0.218. The van der Waals surface area contributed by atoms with Crippen LogP contribution in [0.1, 0.15) is 44.4 Å². The number of carbonyl (C=O) groups excluding carboxylic acids is 2. The van der Waals surface area contributed by atoms with Gasteiger partial charge in [-0.2, -0.15) is 0 Å². The van der Waals surface area contributed by atoms with Gasteiger partial charge in [0.15, 0.2) is 0 Å². The Morgan fingerprint density at radius 1 is 0.650 bits per heavy atom. The van der Waals surface area contributed by atoms with Gasteiger partial charge in [0.2, 0.25) is 0 Å². The molecule has 0 aliphatic heterocycles. The predicted molar refractivity (Wildman–Crippen MR) is 155 cm³/mol. The van der Waals surface area contributed by atoms with E-state index >= 15 is 0 Å². The lowest BCUT2D eigenvalue weighted by atomic mass is 9.69. The predicted octanol–water partition coefficient (Wildman–Crippen LogP) is 5.93. The second kappa shape index (κ2) is 9.51. The minimum absolute atomic E-state index is 0.248. The summed E-state index contributed by atoms with van der Waals surface area (Å²) >= 11 is 0. The molecule has 7 rings (SSSR count). The molecule has 0 saturated carbocycles. The van der Waals surface area contributed by atoms with E-state index in [1.807, 2.05) is 78.9 Å². The molecule has 0 saturated heterocycles. The molecule has 0 radical (unpaired) electrons. The SMILES string of the molecule is C=C1/C(OC=O)=c2\cc3ccccc3c\c2=C(/OC(=O)c2ccccc2)C2c3ccccc3C1c1ccccc12. The maximum Gasteiger partial charge on any atom is 0.343 e. The van der Waals surface area contributed by atoms with Crippen LogP contribution in [0.5, 0.6) is 0 Å². The van der Waals surface area contributed by atoms with Crippen molar-refractivity contribution >= 4 is 34.7 Å². The monoisotopic (exact) mass is 520 g/mol. The van der Waals surface area contributed by atoms with Crippen LogP contribution in [0, 0.1) is 0 Å². The van der Waals surface area contributed by atoms with Crippen molar-refractivity contribution in [2.24, 2.45) is 0 Å². The molecule has 5 aromatic carbocycles. The molecule has 0 spiro atoms. The van der Waals surface area contributed by atoms with Crippen molar-refractivity contribution < 1.29 is 19.1 Å². The van der Waals surface area contributed by atoms with E-state index in [1.165, 1.54) is 0 Å². The molecule has 0 fully saturated rings. The Balaban J connectivity index is 1.68. The summed E-state index contributed by atoms with van der Waals surface area (Å²) in [7, 11) is 0. The molecule has 192 valence electrons. The molecule has 0 atom stereocenters. The molecule has 0 aromatic heterocycles. The van der Waals surface area contributed by atoms with E-state index < -0.39 is 5.97 Å². The van der Waals surface area contributed by atoms with Gasteiger partial charge in [0.05, 0.1) is 11.5 Å². The molecule has 40 heavy (non-hydrogen) atoms. The van der Waals surface area contributed by atoms with Gasteiger partial charge < -0.3 is 9.47 Å². The topological polar surface area (TPSA) is 52.6 Å². The number of hydrogen-bond acceptors (Lipinski definition) is 4. The third kappa shape index (κ3) is 3.69. The summed E-state index contributed by atoms with van der Waals surface area (Å²) in [6.45, 7) is 4.95. The molecule has 0 unspecified atom stereocenters. The first-order valence-corrected chi connectivity index (χ1v) is 13.2. The summed E-state index contributed by atoms with van der Waals surface area (Å²) < 4.78 is 12.2. The molecular weight excluding hydrogens is 496 g/mol. The summed E-state index contributed by atoms with van der Waals surface area (Å²) in [6.07, 6.45) is 0. The van der Waals surface area contributed by atoms with E-state index in [-0.39, 0.29) is 11.8 Å². The van der Waals surface area contributed by atoms with Crippen molar-refractivity contribution in [3.8, 4) is 0 Å². The number of carbonyl (C=O) groups is 2. The number of benzene rings is 5. The van der Waals surface area contributed by atoms with E-state index in [0.29, 0.717) is 39.6 Å². The van der Waals surface area contributed by atoms with Gasteiger partial charge in [-0.25, -0.2) is 4.79 Å². The third-order valence-electron chi connectivity index (χ3n) is 7.91. The fourth-order valence-corrected chi connectivity index (χ4v) is 6.19. The normalized spacial score (nSPS) is 19.9. The Bertz CT molecular complexity index is 1920. The van der Waals surface area contributed by atoms with Crippen LogP contribution >= 0.6 is 0 Å². The second-order valence-electron chi connectivity index (χ2n) is 10.1. The van der Waals surface area contributed by atoms with Gasteiger partial charge in [-0.3, -0.25) is 4.79 Å². The molecule has 0 amide bonds. The summed E-state index contributed by atoms with van der Waals surface area (Å²) in [6, 6.07) is 37.3. The first kappa shape index (κ1) is 23.9. The molecule has 0 heterocycles. The standard InChI is InChI=1S/C36H24O4/c1-22-32-26-15-7-9-17-28(26)33(29-18-10-8-16-27(29)32)35(40-36(38)23-11-3-2-4-12-23)31-20-25-14-6-5-13-24(25)19-30(31)34(22)39-21-37/h2-21,32-33H,1H2/b34-30-,35-31+. The highest BCUT2D eigenvalue weighted by Crippen LogP contribution is 2.50. The smallest absolute Gasteiger partial charge is 0.343 e. The van der Waals surface area contributed by atoms with Crippen LogP contribution in [0.15, 0.2) is 127 Å². The van der Waals surface area contributed by atoms with Crippen molar-refractivity contribution in [2.45, 2.75) is 11.8 Å². The average Bonchev–Trinajstić information content (AvgIpc) is 3.05. The van der Waals surface area contributed by atoms with Crippen LogP contribution in [-0.4, -0.2) is 12.4 Å². The lowest BCUT2D eigenvalue weighted by Crippen LogP contribution is -2.33. The van der Waals surface area contributed by atoms with Gasteiger partial charge in [0, 0.05) is 21.9 Å². The summed E-state index contributed by atoms with van der Waals surface area (Å²) in [5, 5.41) is 3.28. The van der Waals surface area contributed by atoms with Crippen LogP contribution in [0.3, 0.4) is 0 Å². The molecule has 2 aliphatic rings. The van der Waals surface area contributed by atoms with Gasteiger partial charge in [-0.1, -0.05) is 97.6 Å². The van der Waals surface area contributed by atoms with Gasteiger partial charge >= 0.3 is 5.97 Å². The molecule has 4 nitrogen and oxygen atoms in total. The van der Waals surface area contributed by atoms with Gasteiger partial charge in [-0.15, -0.1) is 0 Å². The first-order chi connectivity index (χ1) is 19.7. The molecule has 2 aliphatic carbocycles. The Labute approximate surface area is 231 Å². The first-order valence-electron chi connectivity index (χ1n) is 13.2. The number of ether oxygens (including phenoxy) is 2. The lowest BCUT2D eigenvalue weighted by Gasteiger charge is -2.35. The van der Waals surface area contributed by atoms with E-state index in [9.17, 15) is 9.59 Å². The number of hydrogen-bond donors (Lipinski definition) is 0. The zero-order valence-electron chi connectivity index (χ0n) is 21.5. The van der Waals surface area contributed by atoms with Crippen molar-refractivity contribution in [1.29, 1.82) is 0 Å². The van der Waals surface area contributed by atoms with Crippen LogP contribution in [0.25, 0.3) is 22.3 Å². The van der Waals surface area contributed by atoms with Crippen molar-refractivity contribution in [3.05, 3.63) is 166 Å². The lowest BCUT2D eigenvalue weighted by molar-refractivity contribution is -0.122. The molecule has 2 bridgehead atoms. The number of rotatable bonds is 4. The Morgan fingerprint density at radius 3 is 1.73 bits per heavy atom. The Kier molecular flexibility index (Phi) is 5.67. The Morgan fingerprint density at radius 2 is 1.15 bits per heavy atom. The highest BCUT2D eigenvalue weighted by Gasteiger charge is 2.39. The number of fused-ring (bicyclic) bond motifs is 5. The van der Waals surface area contributed by atoms with E-state index in [2.05, 4.69) is 30.8 Å². The van der Waals surface area contributed by atoms with Crippen LogP contribution in [0.4, 0.5) is 0 Å². The average molecular weight is 521 g/mol. The molecule has 5 aromatic rings. The third-order valence-corrected chi connectivity index (χ3v) is 7.91. The van der Waals surface area contributed by atoms with Gasteiger partial charge in [0.1, 0.15) is 11.5 Å². The van der Waals surface area contributed by atoms with E-state index in [0.717, 1.165) is 33.0 Å². The molecular formula is C36H24O4. The maximum absolute atomic E-state index is 13.7. The minimum Gasteiger partial charge on any atom is -0.428 e. The van der Waals surface area contributed by atoms with Gasteiger partial charge in [-0.05, 0) is 57.3 Å². The summed E-state index contributed by atoms with van der Waals surface area (Å²) in [4.78, 5) is 25.6. The van der Waals surface area contributed by atoms with Crippen molar-refractivity contribution in [3.63, 3.8) is 0 Å². The molecule has 0 N–H and O–H groups in total. The van der Waals surface area contributed by atoms with Crippen LogP contribution < -0.4 is 10.4 Å². The second-order valence-corrected chi connectivity index (χ2v) is 10.1. The minimum atomic E-state index is -0.456. The number of esters is 1. The highest BCUT2D eigenvalue weighted by atomic mass is 16.5. The van der Waals surface area contributed by atoms with Gasteiger partial charge in [0.25, 0.3) is 6.47 Å². The zero-order chi connectivity index (χ0) is 27.2. The van der Waals surface area contributed by atoms with Crippen LogP contribution in [-0.2, 0) is 14.3 Å².